The van der Waals surface area contributed by atoms with Crippen LogP contribution in [0.15, 0.2) is 36.4 Å². The van der Waals surface area contributed by atoms with Gasteiger partial charge in [0.05, 0.1) is 4.88 Å². The van der Waals surface area contributed by atoms with E-state index in [4.69, 9.17) is 0 Å². The Kier molecular flexibility index (Phi) is 3.52. The quantitative estimate of drug-likeness (QED) is 0.702. The molecule has 1 fully saturated rings. The summed E-state index contributed by atoms with van der Waals surface area (Å²) in [5.41, 5.74) is 2.68. The molecule has 1 aromatic heterocycles. The highest BCUT2D eigenvalue weighted by Gasteiger charge is 2.31. The van der Waals surface area contributed by atoms with E-state index in [1.165, 1.54) is 16.0 Å². The SMILES string of the molecule is CCCc1ccccc1-c1ccc(C(=O)C2CC2)s1. The molecular formula is C17H18OS. The van der Waals surface area contributed by atoms with Crippen molar-refractivity contribution in [3.8, 4) is 10.4 Å². The molecule has 0 spiro atoms. The summed E-state index contributed by atoms with van der Waals surface area (Å²) in [4.78, 5) is 14.2. The van der Waals surface area contributed by atoms with E-state index in [1.807, 2.05) is 6.07 Å². The summed E-state index contributed by atoms with van der Waals surface area (Å²) in [6.07, 6.45) is 4.41. The lowest BCUT2D eigenvalue weighted by Gasteiger charge is -2.06. The number of hydrogen-bond donors (Lipinski definition) is 0. The fraction of sp³-hybridized carbons (Fsp3) is 0.353. The van der Waals surface area contributed by atoms with Gasteiger partial charge < -0.3 is 0 Å². The van der Waals surface area contributed by atoms with Gasteiger partial charge in [-0.15, -0.1) is 11.3 Å². The standard InChI is InChI=1S/C17H18OS/c1-2-5-12-6-3-4-7-14(12)15-10-11-16(19-15)17(18)13-8-9-13/h3-4,6-7,10-11,13H,2,5,8-9H2,1H3. The van der Waals surface area contributed by atoms with Crippen LogP contribution in [0.3, 0.4) is 0 Å². The highest BCUT2D eigenvalue weighted by Crippen LogP contribution is 2.37. The van der Waals surface area contributed by atoms with Crippen LogP contribution in [0.4, 0.5) is 0 Å². The predicted molar refractivity (Wildman–Crippen MR) is 80.8 cm³/mol. The second-order valence-corrected chi connectivity index (χ2v) is 6.29. The van der Waals surface area contributed by atoms with Gasteiger partial charge in [0.2, 0.25) is 0 Å². The molecule has 0 unspecified atom stereocenters. The second-order valence-electron chi connectivity index (χ2n) is 5.21. The first-order valence-corrected chi connectivity index (χ1v) is 7.83. The Labute approximate surface area is 118 Å². The van der Waals surface area contributed by atoms with Gasteiger partial charge in [0.1, 0.15) is 0 Å². The van der Waals surface area contributed by atoms with Crippen LogP contribution in [0.1, 0.15) is 41.4 Å². The van der Waals surface area contributed by atoms with E-state index in [9.17, 15) is 4.79 Å². The molecule has 2 aromatic rings. The molecule has 0 saturated heterocycles. The van der Waals surface area contributed by atoms with E-state index in [1.54, 1.807) is 11.3 Å². The summed E-state index contributed by atoms with van der Waals surface area (Å²) in [6.45, 7) is 2.20. The monoisotopic (exact) mass is 270 g/mol. The lowest BCUT2D eigenvalue weighted by atomic mass is 10.0. The number of rotatable bonds is 5. The summed E-state index contributed by atoms with van der Waals surface area (Å²) < 4.78 is 0. The molecule has 2 heteroatoms. The first-order valence-electron chi connectivity index (χ1n) is 7.02. The highest BCUT2D eigenvalue weighted by atomic mass is 32.1. The van der Waals surface area contributed by atoms with E-state index in [-0.39, 0.29) is 0 Å². The van der Waals surface area contributed by atoms with Crippen molar-refractivity contribution in [3.05, 3.63) is 46.8 Å². The molecular weight excluding hydrogens is 252 g/mol. The van der Waals surface area contributed by atoms with Crippen molar-refractivity contribution in [1.82, 2.24) is 0 Å². The molecule has 0 amide bonds. The third kappa shape index (κ3) is 2.64. The lowest BCUT2D eigenvalue weighted by molar-refractivity contribution is 0.0971. The Morgan fingerprint density at radius 2 is 2.00 bits per heavy atom. The summed E-state index contributed by atoms with van der Waals surface area (Å²) in [5.74, 6) is 0.668. The zero-order valence-electron chi connectivity index (χ0n) is 11.2. The van der Waals surface area contributed by atoms with E-state index in [0.717, 1.165) is 30.6 Å². The van der Waals surface area contributed by atoms with Gasteiger partial charge in [-0.05, 0) is 42.5 Å². The molecule has 1 saturated carbocycles. The van der Waals surface area contributed by atoms with Gasteiger partial charge in [0, 0.05) is 10.8 Å². The van der Waals surface area contributed by atoms with E-state index in [2.05, 4.69) is 37.3 Å². The maximum absolute atomic E-state index is 12.1. The Morgan fingerprint density at radius 1 is 1.21 bits per heavy atom. The molecule has 98 valence electrons. The largest absolute Gasteiger partial charge is 0.293 e. The third-order valence-electron chi connectivity index (χ3n) is 3.60. The Morgan fingerprint density at radius 3 is 2.74 bits per heavy atom. The van der Waals surface area contributed by atoms with Crippen LogP contribution in [-0.2, 0) is 6.42 Å². The molecule has 1 heterocycles. The minimum Gasteiger partial charge on any atom is -0.293 e. The molecule has 1 aromatic carbocycles. The molecule has 1 aliphatic carbocycles. The van der Waals surface area contributed by atoms with Crippen LogP contribution in [0, 0.1) is 5.92 Å². The Hall–Kier alpha value is -1.41. The Balaban J connectivity index is 1.91. The average Bonchev–Trinajstić information content (AvgIpc) is 3.17. The van der Waals surface area contributed by atoms with Gasteiger partial charge in [-0.25, -0.2) is 0 Å². The molecule has 0 radical (unpaired) electrons. The van der Waals surface area contributed by atoms with Gasteiger partial charge in [-0.3, -0.25) is 4.79 Å². The molecule has 3 rings (SSSR count). The first kappa shape index (κ1) is 12.6. The molecule has 1 nitrogen and oxygen atoms in total. The summed E-state index contributed by atoms with van der Waals surface area (Å²) in [5, 5.41) is 0. The topological polar surface area (TPSA) is 17.1 Å². The smallest absolute Gasteiger partial charge is 0.175 e. The zero-order valence-corrected chi connectivity index (χ0v) is 12.0. The maximum atomic E-state index is 12.1. The fourth-order valence-electron chi connectivity index (χ4n) is 2.41. The van der Waals surface area contributed by atoms with Crippen LogP contribution in [0.2, 0.25) is 0 Å². The van der Waals surface area contributed by atoms with Gasteiger partial charge in [-0.1, -0.05) is 37.6 Å². The van der Waals surface area contributed by atoms with E-state index in [0.29, 0.717) is 11.7 Å². The summed E-state index contributed by atoms with van der Waals surface area (Å²) in [7, 11) is 0. The van der Waals surface area contributed by atoms with Crippen LogP contribution < -0.4 is 0 Å². The van der Waals surface area contributed by atoms with Crippen molar-refractivity contribution in [1.29, 1.82) is 0 Å². The van der Waals surface area contributed by atoms with Crippen molar-refractivity contribution in [2.24, 2.45) is 5.92 Å². The van der Waals surface area contributed by atoms with E-state index < -0.39 is 0 Å². The number of benzene rings is 1. The highest BCUT2D eigenvalue weighted by molar-refractivity contribution is 7.17. The van der Waals surface area contributed by atoms with Gasteiger partial charge in [-0.2, -0.15) is 0 Å². The van der Waals surface area contributed by atoms with Crippen LogP contribution in [-0.4, -0.2) is 5.78 Å². The number of aryl methyl sites for hydroxylation is 1. The lowest BCUT2D eigenvalue weighted by Crippen LogP contribution is -1.96. The molecule has 1 aliphatic rings. The third-order valence-corrected chi connectivity index (χ3v) is 4.73. The van der Waals surface area contributed by atoms with E-state index >= 15 is 0 Å². The number of carbonyl (C=O) groups excluding carboxylic acids is 1. The molecule has 19 heavy (non-hydrogen) atoms. The number of hydrogen-bond acceptors (Lipinski definition) is 2. The minimum absolute atomic E-state index is 0.317. The summed E-state index contributed by atoms with van der Waals surface area (Å²) in [6, 6.07) is 12.6. The zero-order chi connectivity index (χ0) is 13.2. The average molecular weight is 270 g/mol. The molecule has 0 N–H and O–H groups in total. The van der Waals surface area contributed by atoms with Crippen LogP contribution in [0.25, 0.3) is 10.4 Å². The van der Waals surface area contributed by atoms with Crippen molar-refractivity contribution >= 4 is 17.1 Å². The molecule has 0 bridgehead atoms. The molecule has 0 atom stereocenters. The number of carbonyl (C=O) groups is 1. The van der Waals surface area contributed by atoms with Crippen LogP contribution in [0.5, 0.6) is 0 Å². The van der Waals surface area contributed by atoms with Crippen molar-refractivity contribution in [2.75, 3.05) is 0 Å². The van der Waals surface area contributed by atoms with Gasteiger partial charge >= 0.3 is 0 Å². The first-order chi connectivity index (χ1) is 9.29. The van der Waals surface area contributed by atoms with Gasteiger partial charge in [0.15, 0.2) is 5.78 Å². The van der Waals surface area contributed by atoms with Crippen LogP contribution >= 0.6 is 11.3 Å². The second kappa shape index (κ2) is 5.30. The summed E-state index contributed by atoms with van der Waals surface area (Å²) >= 11 is 1.65. The number of thiophene rings is 1. The Bertz CT molecular complexity index is 593. The van der Waals surface area contributed by atoms with Crippen molar-refractivity contribution in [2.45, 2.75) is 32.6 Å². The van der Waals surface area contributed by atoms with Gasteiger partial charge in [0.25, 0.3) is 0 Å². The fourth-order valence-corrected chi connectivity index (χ4v) is 3.50. The van der Waals surface area contributed by atoms with Crippen molar-refractivity contribution < 1.29 is 4.79 Å². The molecule has 0 aliphatic heterocycles. The predicted octanol–water partition coefficient (Wildman–Crippen LogP) is 4.96. The normalized spacial score (nSPS) is 14.6. The van der Waals surface area contributed by atoms with Crippen molar-refractivity contribution in [3.63, 3.8) is 0 Å². The minimum atomic E-state index is 0.317. The number of Topliss-reactive ketones (excluding diaryl/α,β-unsaturated/α-hetero) is 1. The maximum Gasteiger partial charge on any atom is 0.175 e. The number of ketones is 1.